The van der Waals surface area contributed by atoms with E-state index in [2.05, 4.69) is 0 Å². The van der Waals surface area contributed by atoms with Gasteiger partial charge < -0.3 is 4.74 Å². The van der Waals surface area contributed by atoms with Crippen molar-refractivity contribution in [3.05, 3.63) is 0 Å². The zero-order chi connectivity index (χ0) is 10.3. The van der Waals surface area contributed by atoms with Gasteiger partial charge in [0.05, 0.1) is 5.92 Å². The van der Waals surface area contributed by atoms with Gasteiger partial charge in [-0.3, -0.25) is 4.79 Å². The Labute approximate surface area is 86.0 Å². The molecule has 2 fully saturated rings. The summed E-state index contributed by atoms with van der Waals surface area (Å²) in [7, 11) is 0. The van der Waals surface area contributed by atoms with Gasteiger partial charge in [0, 0.05) is 0 Å². The molecule has 3 atom stereocenters. The lowest BCUT2D eigenvalue weighted by atomic mass is 9.67. The molecule has 80 valence electrons. The third-order valence-electron chi connectivity index (χ3n) is 3.50. The average molecular weight is 196 g/mol. The maximum Gasteiger partial charge on any atom is 0.309 e. The molecule has 0 saturated heterocycles. The van der Waals surface area contributed by atoms with E-state index in [0.29, 0.717) is 5.92 Å². The van der Waals surface area contributed by atoms with Gasteiger partial charge in [-0.15, -0.1) is 0 Å². The van der Waals surface area contributed by atoms with Crippen LogP contribution in [-0.2, 0) is 9.53 Å². The zero-order valence-corrected chi connectivity index (χ0v) is 9.38. The minimum absolute atomic E-state index is 0.0423. The van der Waals surface area contributed by atoms with Crippen LogP contribution in [0.5, 0.6) is 0 Å². The monoisotopic (exact) mass is 196 g/mol. The minimum Gasteiger partial charge on any atom is -0.460 e. The van der Waals surface area contributed by atoms with Crippen molar-refractivity contribution in [2.75, 3.05) is 0 Å². The molecule has 2 nitrogen and oxygen atoms in total. The molecule has 3 unspecified atom stereocenters. The first kappa shape index (κ1) is 10.0. The summed E-state index contributed by atoms with van der Waals surface area (Å²) in [5.74, 6) is 1.76. The highest BCUT2D eigenvalue weighted by molar-refractivity contribution is 5.74. The number of ether oxygens (including phenoxy) is 1. The van der Waals surface area contributed by atoms with E-state index in [4.69, 9.17) is 4.74 Å². The van der Waals surface area contributed by atoms with Crippen molar-refractivity contribution >= 4 is 5.97 Å². The average Bonchev–Trinajstić information content (AvgIpc) is 2.28. The quantitative estimate of drug-likeness (QED) is 0.603. The molecule has 0 amide bonds. The highest BCUT2D eigenvalue weighted by Crippen LogP contribution is 2.51. The number of rotatable bonds is 1. The lowest BCUT2D eigenvalue weighted by Crippen LogP contribution is -2.41. The van der Waals surface area contributed by atoms with Crippen molar-refractivity contribution in [2.24, 2.45) is 17.8 Å². The van der Waals surface area contributed by atoms with Gasteiger partial charge in [-0.25, -0.2) is 0 Å². The van der Waals surface area contributed by atoms with Gasteiger partial charge in [-0.2, -0.15) is 0 Å². The Morgan fingerprint density at radius 1 is 1.29 bits per heavy atom. The molecule has 2 saturated carbocycles. The smallest absolute Gasteiger partial charge is 0.309 e. The Balaban J connectivity index is 1.88. The van der Waals surface area contributed by atoms with Gasteiger partial charge in [0.2, 0.25) is 0 Å². The van der Waals surface area contributed by atoms with Gasteiger partial charge in [-0.05, 0) is 45.4 Å². The van der Waals surface area contributed by atoms with Crippen LogP contribution in [0, 0.1) is 17.8 Å². The van der Waals surface area contributed by atoms with Gasteiger partial charge in [0.1, 0.15) is 5.60 Å². The summed E-state index contributed by atoms with van der Waals surface area (Å²) in [4.78, 5) is 11.8. The van der Waals surface area contributed by atoms with E-state index in [1.807, 2.05) is 20.8 Å². The van der Waals surface area contributed by atoms with E-state index in [9.17, 15) is 4.79 Å². The number of hydrogen-bond acceptors (Lipinski definition) is 2. The second-order valence-electron chi connectivity index (χ2n) is 5.73. The van der Waals surface area contributed by atoms with Crippen LogP contribution < -0.4 is 0 Å². The Kier molecular flexibility index (Phi) is 2.32. The van der Waals surface area contributed by atoms with E-state index in [-0.39, 0.29) is 17.5 Å². The van der Waals surface area contributed by atoms with Crippen LogP contribution in [0.25, 0.3) is 0 Å². The molecule has 0 radical (unpaired) electrons. The van der Waals surface area contributed by atoms with E-state index >= 15 is 0 Å². The molecule has 0 spiro atoms. The van der Waals surface area contributed by atoms with Gasteiger partial charge in [-0.1, -0.05) is 12.8 Å². The van der Waals surface area contributed by atoms with Crippen molar-refractivity contribution in [1.82, 2.24) is 0 Å². The fourth-order valence-corrected chi connectivity index (χ4v) is 2.84. The Bertz CT molecular complexity index is 239. The molecule has 2 aliphatic carbocycles. The predicted octanol–water partition coefficient (Wildman–Crippen LogP) is 2.76. The molecule has 2 rings (SSSR count). The highest BCUT2D eigenvalue weighted by Gasteiger charge is 2.48. The lowest BCUT2D eigenvalue weighted by molar-refractivity contribution is -0.168. The molecular weight excluding hydrogens is 176 g/mol. The molecule has 0 aliphatic heterocycles. The van der Waals surface area contributed by atoms with Gasteiger partial charge in [0.15, 0.2) is 0 Å². The van der Waals surface area contributed by atoms with E-state index < -0.39 is 0 Å². The SMILES string of the molecule is CC(C)(C)OC(=O)C1CC2CCCC21. The molecule has 0 aromatic rings. The second kappa shape index (κ2) is 3.25. The number of carbonyl (C=O) groups is 1. The second-order valence-corrected chi connectivity index (χ2v) is 5.73. The normalized spacial score (nSPS) is 36.1. The molecular formula is C12H20O2. The maximum absolute atomic E-state index is 11.8. The summed E-state index contributed by atoms with van der Waals surface area (Å²) in [5, 5.41) is 0. The highest BCUT2D eigenvalue weighted by atomic mass is 16.6. The Morgan fingerprint density at radius 2 is 2.00 bits per heavy atom. The number of fused-ring (bicyclic) bond motifs is 1. The molecule has 0 bridgehead atoms. The van der Waals surface area contributed by atoms with Gasteiger partial charge >= 0.3 is 5.97 Å². The van der Waals surface area contributed by atoms with E-state index in [1.54, 1.807) is 0 Å². The van der Waals surface area contributed by atoms with Crippen molar-refractivity contribution in [1.29, 1.82) is 0 Å². The Morgan fingerprint density at radius 3 is 2.57 bits per heavy atom. The van der Waals surface area contributed by atoms with Gasteiger partial charge in [0.25, 0.3) is 0 Å². The van der Waals surface area contributed by atoms with Crippen LogP contribution in [0.3, 0.4) is 0 Å². The lowest BCUT2D eigenvalue weighted by Gasteiger charge is -2.39. The number of carbonyl (C=O) groups excluding carboxylic acids is 1. The largest absolute Gasteiger partial charge is 0.460 e. The van der Waals surface area contributed by atoms with Crippen molar-refractivity contribution in [3.8, 4) is 0 Å². The first-order chi connectivity index (χ1) is 6.47. The first-order valence-electron chi connectivity index (χ1n) is 5.70. The standard InChI is InChI=1S/C12H20O2/c1-12(2,3)14-11(13)10-7-8-5-4-6-9(8)10/h8-10H,4-7H2,1-3H3. The summed E-state index contributed by atoms with van der Waals surface area (Å²) < 4.78 is 5.41. The minimum atomic E-state index is -0.319. The van der Waals surface area contributed by atoms with E-state index in [1.165, 1.54) is 19.3 Å². The number of esters is 1. The topological polar surface area (TPSA) is 26.3 Å². The number of hydrogen-bond donors (Lipinski definition) is 0. The molecule has 2 heteroatoms. The third-order valence-corrected chi connectivity index (χ3v) is 3.50. The molecule has 2 aliphatic rings. The molecule has 0 heterocycles. The van der Waals surface area contributed by atoms with Crippen LogP contribution in [0.15, 0.2) is 0 Å². The summed E-state index contributed by atoms with van der Waals surface area (Å²) in [6, 6.07) is 0. The summed E-state index contributed by atoms with van der Waals surface area (Å²) in [5.41, 5.74) is -0.319. The van der Waals surface area contributed by atoms with Crippen LogP contribution in [0.4, 0.5) is 0 Å². The first-order valence-corrected chi connectivity index (χ1v) is 5.70. The molecule has 0 N–H and O–H groups in total. The van der Waals surface area contributed by atoms with Crippen molar-refractivity contribution in [2.45, 2.75) is 52.1 Å². The molecule has 0 aromatic heterocycles. The third kappa shape index (κ3) is 1.79. The maximum atomic E-state index is 11.8. The summed E-state index contributed by atoms with van der Waals surface area (Å²) in [6.07, 6.45) is 4.98. The van der Waals surface area contributed by atoms with Crippen LogP contribution in [-0.4, -0.2) is 11.6 Å². The summed E-state index contributed by atoms with van der Waals surface area (Å²) in [6.45, 7) is 5.82. The van der Waals surface area contributed by atoms with Crippen molar-refractivity contribution in [3.63, 3.8) is 0 Å². The molecule has 0 aromatic carbocycles. The van der Waals surface area contributed by atoms with Crippen LogP contribution >= 0.6 is 0 Å². The van der Waals surface area contributed by atoms with Crippen LogP contribution in [0.2, 0.25) is 0 Å². The Hall–Kier alpha value is -0.530. The fraction of sp³-hybridized carbons (Fsp3) is 0.917. The van der Waals surface area contributed by atoms with Crippen LogP contribution in [0.1, 0.15) is 46.5 Å². The van der Waals surface area contributed by atoms with E-state index in [0.717, 1.165) is 12.3 Å². The summed E-state index contributed by atoms with van der Waals surface area (Å²) >= 11 is 0. The predicted molar refractivity (Wildman–Crippen MR) is 54.8 cm³/mol. The fourth-order valence-electron chi connectivity index (χ4n) is 2.84. The molecule has 14 heavy (non-hydrogen) atoms. The van der Waals surface area contributed by atoms with Crippen molar-refractivity contribution < 1.29 is 9.53 Å². The zero-order valence-electron chi connectivity index (χ0n) is 9.38.